The van der Waals surface area contributed by atoms with Crippen LogP contribution in [-0.4, -0.2) is 34.3 Å². The molecule has 0 aromatic carbocycles. The summed E-state index contributed by atoms with van der Waals surface area (Å²) >= 11 is 4.04. The number of ether oxygens (including phenoxy) is 2. The highest BCUT2D eigenvalue weighted by molar-refractivity contribution is 7.80. The average molecular weight is 280 g/mol. The van der Waals surface area contributed by atoms with E-state index in [-0.39, 0.29) is 0 Å². The highest BCUT2D eigenvalue weighted by atomic mass is 32.1. The zero-order valence-corrected chi connectivity index (χ0v) is 12.7. The van der Waals surface area contributed by atoms with Gasteiger partial charge in [-0.3, -0.25) is 5.32 Å². The third-order valence-electron chi connectivity index (χ3n) is 1.42. The number of rotatable bonds is 4. The molecule has 0 aliphatic carbocycles. The van der Waals surface area contributed by atoms with Crippen LogP contribution < -0.4 is 10.6 Å². The molecule has 1 amide bonds. The maximum Gasteiger partial charge on any atom is 0.409 e. The van der Waals surface area contributed by atoms with Crippen molar-refractivity contribution in [3.05, 3.63) is 0 Å². The fraction of sp³-hybridized carbons (Fsp3) is 0.909. The SMILES string of the molecule is CC(C)(C)OC(=O)NC(S)NC(O)OC(C)(C)C. The van der Waals surface area contributed by atoms with Crippen LogP contribution >= 0.6 is 12.6 Å². The average Bonchev–Trinajstić information content (AvgIpc) is 1.92. The number of aliphatic hydroxyl groups is 1. The molecule has 0 aliphatic rings. The van der Waals surface area contributed by atoms with Crippen LogP contribution in [0.15, 0.2) is 0 Å². The Kier molecular flexibility index (Phi) is 6.42. The van der Waals surface area contributed by atoms with Crippen LogP contribution in [0.1, 0.15) is 41.5 Å². The standard InChI is InChI=1S/C11H24N2O4S/c1-10(2,3)16-8(14)12-7(18)13-9(15)17-11(4,5)6/h7-8,12,14,18H,1-6H3,(H,13,15). The Morgan fingerprint density at radius 2 is 1.67 bits per heavy atom. The Labute approximate surface area is 114 Å². The van der Waals surface area contributed by atoms with Gasteiger partial charge in [-0.2, -0.15) is 0 Å². The van der Waals surface area contributed by atoms with Gasteiger partial charge in [0.05, 0.1) is 5.60 Å². The molecule has 0 spiro atoms. The molecule has 0 aromatic heterocycles. The number of carbonyl (C=O) groups excluding carboxylic acids is 1. The second-order valence-corrected chi connectivity index (χ2v) is 6.31. The highest BCUT2D eigenvalue weighted by Crippen LogP contribution is 2.09. The Bertz CT molecular complexity index is 273. The molecular weight excluding hydrogens is 256 g/mol. The molecule has 0 rings (SSSR count). The first-order chi connectivity index (χ1) is 7.89. The van der Waals surface area contributed by atoms with Crippen LogP contribution in [0.5, 0.6) is 0 Å². The number of hydrogen-bond acceptors (Lipinski definition) is 6. The molecule has 2 atom stereocenters. The minimum atomic E-state index is -1.23. The molecule has 108 valence electrons. The Hall–Kier alpha value is -0.500. The van der Waals surface area contributed by atoms with Crippen molar-refractivity contribution in [1.29, 1.82) is 0 Å². The number of carbonyl (C=O) groups is 1. The highest BCUT2D eigenvalue weighted by Gasteiger charge is 2.21. The maximum absolute atomic E-state index is 11.4. The lowest BCUT2D eigenvalue weighted by Gasteiger charge is -2.27. The van der Waals surface area contributed by atoms with Gasteiger partial charge in [0.25, 0.3) is 0 Å². The van der Waals surface area contributed by atoms with Gasteiger partial charge in [0.2, 0.25) is 6.41 Å². The predicted octanol–water partition coefficient (Wildman–Crippen LogP) is 1.41. The second-order valence-electron chi connectivity index (χ2n) is 5.80. The second kappa shape index (κ2) is 6.60. The predicted molar refractivity (Wildman–Crippen MR) is 72.1 cm³/mol. The van der Waals surface area contributed by atoms with Crippen molar-refractivity contribution in [2.45, 2.75) is 64.7 Å². The van der Waals surface area contributed by atoms with E-state index in [1.807, 2.05) is 0 Å². The summed E-state index contributed by atoms with van der Waals surface area (Å²) in [5.74, 6) is 0. The molecule has 0 fully saturated rings. The molecule has 0 aromatic rings. The van der Waals surface area contributed by atoms with Gasteiger partial charge in [-0.25, -0.2) is 10.1 Å². The van der Waals surface area contributed by atoms with Crippen molar-refractivity contribution in [3.8, 4) is 0 Å². The van der Waals surface area contributed by atoms with Gasteiger partial charge in [0.1, 0.15) is 11.1 Å². The summed E-state index contributed by atoms with van der Waals surface area (Å²) in [7, 11) is 0. The minimum Gasteiger partial charge on any atom is -0.444 e. The van der Waals surface area contributed by atoms with Crippen molar-refractivity contribution in [2.24, 2.45) is 0 Å². The number of aliphatic hydroxyl groups excluding tert-OH is 1. The molecule has 18 heavy (non-hydrogen) atoms. The van der Waals surface area contributed by atoms with Crippen LogP contribution in [0.3, 0.4) is 0 Å². The number of alkyl carbamates (subject to hydrolysis) is 1. The summed E-state index contributed by atoms with van der Waals surface area (Å²) in [5.41, 5.74) is -1.87. The van der Waals surface area contributed by atoms with Gasteiger partial charge in [-0.15, -0.1) is 12.6 Å². The van der Waals surface area contributed by atoms with Crippen LogP contribution in [0, 0.1) is 0 Å². The summed E-state index contributed by atoms with van der Waals surface area (Å²) < 4.78 is 10.2. The lowest BCUT2D eigenvalue weighted by molar-refractivity contribution is -0.182. The normalized spacial score (nSPS) is 16.0. The number of hydrogen-bond donors (Lipinski definition) is 4. The van der Waals surface area contributed by atoms with Crippen molar-refractivity contribution in [1.82, 2.24) is 10.6 Å². The largest absolute Gasteiger partial charge is 0.444 e. The Balaban J connectivity index is 4.04. The summed E-state index contributed by atoms with van der Waals surface area (Å²) in [6.07, 6.45) is -1.86. The van der Waals surface area contributed by atoms with Crippen molar-refractivity contribution >= 4 is 18.7 Å². The lowest BCUT2D eigenvalue weighted by atomic mass is 10.2. The first kappa shape index (κ1) is 17.5. The molecule has 0 saturated carbocycles. The van der Waals surface area contributed by atoms with Crippen LogP contribution in [-0.2, 0) is 9.47 Å². The summed E-state index contributed by atoms with van der Waals surface area (Å²) in [6, 6.07) is 0. The Morgan fingerprint density at radius 1 is 1.17 bits per heavy atom. The van der Waals surface area contributed by atoms with Crippen LogP contribution in [0.2, 0.25) is 0 Å². The van der Waals surface area contributed by atoms with Gasteiger partial charge >= 0.3 is 6.09 Å². The number of thiol groups is 1. The van der Waals surface area contributed by atoms with E-state index in [4.69, 9.17) is 9.47 Å². The van der Waals surface area contributed by atoms with E-state index >= 15 is 0 Å². The summed E-state index contributed by atoms with van der Waals surface area (Å²) in [4.78, 5) is 11.4. The molecule has 3 N–H and O–H groups in total. The molecule has 0 saturated heterocycles. The molecule has 7 heteroatoms. The smallest absolute Gasteiger partial charge is 0.409 e. The zero-order chi connectivity index (χ0) is 14.6. The third kappa shape index (κ3) is 10.6. The summed E-state index contributed by atoms with van der Waals surface area (Å²) in [6.45, 7) is 10.7. The fourth-order valence-electron chi connectivity index (χ4n) is 0.965. The van der Waals surface area contributed by atoms with Gasteiger partial charge in [-0.1, -0.05) is 0 Å². The Morgan fingerprint density at radius 3 is 2.06 bits per heavy atom. The molecule has 6 nitrogen and oxygen atoms in total. The van der Waals surface area contributed by atoms with Gasteiger partial charge in [0.15, 0.2) is 0 Å². The third-order valence-corrected chi connectivity index (χ3v) is 1.70. The fourth-order valence-corrected chi connectivity index (χ4v) is 1.20. The first-order valence-corrected chi connectivity index (χ1v) is 6.20. The lowest BCUT2D eigenvalue weighted by Crippen LogP contribution is -2.50. The van der Waals surface area contributed by atoms with E-state index < -0.39 is 29.2 Å². The van der Waals surface area contributed by atoms with E-state index in [0.717, 1.165) is 0 Å². The van der Waals surface area contributed by atoms with E-state index in [2.05, 4.69) is 23.3 Å². The van der Waals surface area contributed by atoms with E-state index in [9.17, 15) is 9.90 Å². The molecule has 0 bridgehead atoms. The monoisotopic (exact) mass is 280 g/mol. The number of nitrogens with one attached hydrogen (secondary N) is 2. The molecular formula is C11H24N2O4S. The van der Waals surface area contributed by atoms with Crippen molar-refractivity contribution < 1.29 is 19.4 Å². The maximum atomic E-state index is 11.4. The number of amides is 1. The van der Waals surface area contributed by atoms with Crippen LogP contribution in [0.4, 0.5) is 4.79 Å². The topological polar surface area (TPSA) is 79.8 Å². The van der Waals surface area contributed by atoms with E-state index in [0.29, 0.717) is 0 Å². The zero-order valence-electron chi connectivity index (χ0n) is 11.8. The van der Waals surface area contributed by atoms with E-state index in [1.165, 1.54) is 0 Å². The molecule has 2 unspecified atom stereocenters. The van der Waals surface area contributed by atoms with Gasteiger partial charge in [-0.05, 0) is 41.5 Å². The van der Waals surface area contributed by atoms with Crippen molar-refractivity contribution in [3.63, 3.8) is 0 Å². The van der Waals surface area contributed by atoms with Crippen LogP contribution in [0.25, 0.3) is 0 Å². The van der Waals surface area contributed by atoms with Gasteiger partial charge in [0, 0.05) is 0 Å². The quantitative estimate of drug-likeness (QED) is 0.462. The molecule has 0 aliphatic heterocycles. The minimum absolute atomic E-state index is 0.508. The summed E-state index contributed by atoms with van der Waals surface area (Å²) in [5, 5.41) is 14.5. The van der Waals surface area contributed by atoms with E-state index in [1.54, 1.807) is 41.5 Å². The molecule has 0 radical (unpaired) electrons. The van der Waals surface area contributed by atoms with Crippen molar-refractivity contribution in [2.75, 3.05) is 0 Å². The first-order valence-electron chi connectivity index (χ1n) is 5.68. The molecule has 0 heterocycles. The van der Waals surface area contributed by atoms with Gasteiger partial charge < -0.3 is 14.6 Å².